The van der Waals surface area contributed by atoms with Crippen LogP contribution in [-0.4, -0.2) is 62.3 Å². The number of halogens is 1. The van der Waals surface area contributed by atoms with Crippen LogP contribution < -0.4 is 10.9 Å². The number of nitrogens with zero attached hydrogens (tertiary/aromatic N) is 3. The SMILES string of the molecule is O=C(CP)N[C@@H](Cc1ccccc1)C(=O)N1CCC(O)(Cn2cnc3cc(Cl)ccc3c2=O)CC1. The molecule has 35 heavy (non-hydrogen) atoms. The molecule has 0 aliphatic carbocycles. The molecule has 1 fully saturated rings. The molecule has 2 N–H and O–H groups in total. The van der Waals surface area contributed by atoms with E-state index in [1.807, 2.05) is 30.3 Å². The Hall–Kier alpha value is -2.80. The van der Waals surface area contributed by atoms with Gasteiger partial charge in [0.05, 0.1) is 29.4 Å². The molecule has 0 bridgehead atoms. The molecule has 1 saturated heterocycles. The van der Waals surface area contributed by atoms with Gasteiger partial charge in [-0.25, -0.2) is 4.98 Å². The molecule has 8 nitrogen and oxygen atoms in total. The standard InChI is InChI=1S/C25H28ClN4O4P/c26-18-6-7-19-20(13-18)27-16-30(23(19)32)15-25(34)8-10-29(11-9-25)24(33)21(28-22(31)14-35)12-17-4-2-1-3-5-17/h1-7,13,16,21,34H,8-12,14-15,35H2,(H,28,31)/t21-/m0/s1. The van der Waals surface area contributed by atoms with Gasteiger partial charge in [-0.1, -0.05) is 41.9 Å². The van der Waals surface area contributed by atoms with Crippen LogP contribution in [0.15, 0.2) is 59.7 Å². The van der Waals surface area contributed by atoms with Crippen molar-refractivity contribution in [3.63, 3.8) is 0 Å². The number of carbonyl (C=O) groups is 2. The van der Waals surface area contributed by atoms with Gasteiger partial charge in [0, 0.05) is 30.7 Å². The van der Waals surface area contributed by atoms with Crippen molar-refractivity contribution in [2.75, 3.05) is 19.3 Å². The first kappa shape index (κ1) is 25.3. The van der Waals surface area contributed by atoms with E-state index >= 15 is 0 Å². The highest BCUT2D eigenvalue weighted by atomic mass is 35.5. The third-order valence-corrected chi connectivity index (χ3v) is 6.96. The van der Waals surface area contributed by atoms with Gasteiger partial charge >= 0.3 is 0 Å². The zero-order valence-electron chi connectivity index (χ0n) is 19.2. The summed E-state index contributed by atoms with van der Waals surface area (Å²) in [6, 6.07) is 13.7. The Morgan fingerprint density at radius 1 is 1.17 bits per heavy atom. The highest BCUT2D eigenvalue weighted by Crippen LogP contribution is 2.25. The second-order valence-corrected chi connectivity index (χ2v) is 9.75. The summed E-state index contributed by atoms with van der Waals surface area (Å²) in [4.78, 5) is 44.2. The van der Waals surface area contributed by atoms with Crippen molar-refractivity contribution in [1.29, 1.82) is 0 Å². The molecule has 10 heteroatoms. The van der Waals surface area contributed by atoms with Gasteiger partial charge in [0.1, 0.15) is 6.04 Å². The van der Waals surface area contributed by atoms with Crippen molar-refractivity contribution >= 4 is 43.6 Å². The van der Waals surface area contributed by atoms with E-state index in [4.69, 9.17) is 11.6 Å². The number of rotatable bonds is 7. The average Bonchev–Trinajstić information content (AvgIpc) is 2.86. The fourth-order valence-electron chi connectivity index (χ4n) is 4.39. The third-order valence-electron chi connectivity index (χ3n) is 6.36. The maximum absolute atomic E-state index is 13.3. The van der Waals surface area contributed by atoms with E-state index < -0.39 is 11.6 Å². The minimum atomic E-state index is -1.15. The van der Waals surface area contributed by atoms with Gasteiger partial charge in [0.25, 0.3) is 5.56 Å². The second-order valence-electron chi connectivity index (χ2n) is 8.90. The Morgan fingerprint density at radius 2 is 1.89 bits per heavy atom. The lowest BCUT2D eigenvalue weighted by molar-refractivity contribution is -0.140. The Bertz CT molecular complexity index is 1280. The van der Waals surface area contributed by atoms with Crippen LogP contribution in [0.3, 0.4) is 0 Å². The van der Waals surface area contributed by atoms with E-state index in [2.05, 4.69) is 19.5 Å². The molecular formula is C25H28ClN4O4P. The molecule has 4 rings (SSSR count). The fraction of sp³-hybridized carbons (Fsp3) is 0.360. The number of likely N-dealkylation sites (tertiary alicyclic amines) is 1. The van der Waals surface area contributed by atoms with Crippen LogP contribution in [0.25, 0.3) is 10.9 Å². The summed E-state index contributed by atoms with van der Waals surface area (Å²) in [6.45, 7) is 0.724. The fourth-order valence-corrected chi connectivity index (χ4v) is 4.67. The first-order chi connectivity index (χ1) is 16.8. The molecule has 3 aromatic rings. The van der Waals surface area contributed by atoms with Gasteiger partial charge in [0.15, 0.2) is 0 Å². The number of fused-ring (bicyclic) bond motifs is 1. The van der Waals surface area contributed by atoms with Crippen LogP contribution in [0.1, 0.15) is 18.4 Å². The van der Waals surface area contributed by atoms with Gasteiger partial charge in [0.2, 0.25) is 11.8 Å². The average molecular weight is 515 g/mol. The van der Waals surface area contributed by atoms with Crippen LogP contribution in [0, 0.1) is 0 Å². The van der Waals surface area contributed by atoms with E-state index in [1.165, 1.54) is 10.9 Å². The topological polar surface area (TPSA) is 105 Å². The van der Waals surface area contributed by atoms with Gasteiger partial charge < -0.3 is 15.3 Å². The van der Waals surface area contributed by atoms with E-state index in [9.17, 15) is 19.5 Å². The normalized spacial score (nSPS) is 16.1. The summed E-state index contributed by atoms with van der Waals surface area (Å²) in [5, 5.41) is 15.0. The zero-order valence-corrected chi connectivity index (χ0v) is 21.1. The van der Waals surface area contributed by atoms with Gasteiger partial charge in [-0.15, -0.1) is 9.24 Å². The highest BCUT2D eigenvalue weighted by Gasteiger charge is 2.36. The first-order valence-corrected chi connectivity index (χ1v) is 12.7. The van der Waals surface area contributed by atoms with Crippen molar-refractivity contribution in [3.8, 4) is 0 Å². The maximum atomic E-state index is 13.3. The molecule has 184 valence electrons. The highest BCUT2D eigenvalue weighted by molar-refractivity contribution is 7.18. The molecule has 2 amide bonds. The van der Waals surface area contributed by atoms with Crippen LogP contribution in [0.2, 0.25) is 5.02 Å². The maximum Gasteiger partial charge on any atom is 0.261 e. The molecule has 2 heterocycles. The predicted molar refractivity (Wildman–Crippen MR) is 138 cm³/mol. The number of piperidine rings is 1. The molecule has 0 radical (unpaired) electrons. The van der Waals surface area contributed by atoms with Crippen LogP contribution >= 0.6 is 20.8 Å². The van der Waals surface area contributed by atoms with Crippen molar-refractivity contribution in [2.45, 2.75) is 37.5 Å². The number of hydrogen-bond acceptors (Lipinski definition) is 5. The number of aromatic nitrogens is 2. The zero-order chi connectivity index (χ0) is 25.0. The van der Waals surface area contributed by atoms with Gasteiger partial charge in [-0.2, -0.15) is 0 Å². The van der Waals surface area contributed by atoms with Gasteiger partial charge in [-0.05, 0) is 36.6 Å². The molecule has 1 aliphatic heterocycles. The molecule has 1 aliphatic rings. The molecule has 0 spiro atoms. The minimum Gasteiger partial charge on any atom is -0.388 e. The first-order valence-electron chi connectivity index (χ1n) is 11.5. The van der Waals surface area contributed by atoms with Crippen molar-refractivity contribution in [2.24, 2.45) is 0 Å². The summed E-state index contributed by atoms with van der Waals surface area (Å²) in [5.74, 6) is -0.397. The Morgan fingerprint density at radius 3 is 2.57 bits per heavy atom. The molecule has 2 aromatic carbocycles. The smallest absolute Gasteiger partial charge is 0.261 e. The number of hydrogen-bond donors (Lipinski definition) is 2. The monoisotopic (exact) mass is 514 g/mol. The minimum absolute atomic E-state index is 0.0800. The van der Waals surface area contributed by atoms with Crippen LogP contribution in [0.4, 0.5) is 0 Å². The van der Waals surface area contributed by atoms with Crippen LogP contribution in [0.5, 0.6) is 0 Å². The lowest BCUT2D eigenvalue weighted by atomic mass is 9.90. The van der Waals surface area contributed by atoms with Crippen molar-refractivity contribution in [3.05, 3.63) is 75.8 Å². The number of carbonyl (C=O) groups excluding carboxylic acids is 2. The van der Waals surface area contributed by atoms with Crippen LogP contribution in [-0.2, 0) is 22.6 Å². The van der Waals surface area contributed by atoms with E-state index in [1.54, 1.807) is 23.1 Å². The Labute approximate surface area is 210 Å². The molecule has 0 saturated carbocycles. The number of amides is 2. The van der Waals surface area contributed by atoms with Crippen molar-refractivity contribution < 1.29 is 14.7 Å². The molecule has 2 atom stereocenters. The number of aliphatic hydroxyl groups is 1. The third kappa shape index (κ3) is 6.07. The lowest BCUT2D eigenvalue weighted by Crippen LogP contribution is -2.55. The largest absolute Gasteiger partial charge is 0.388 e. The predicted octanol–water partition coefficient (Wildman–Crippen LogP) is 2.01. The number of nitrogens with one attached hydrogen (secondary N) is 1. The summed E-state index contributed by atoms with van der Waals surface area (Å²) < 4.78 is 1.41. The summed E-state index contributed by atoms with van der Waals surface area (Å²) in [7, 11) is 2.36. The second kappa shape index (κ2) is 10.9. The van der Waals surface area contributed by atoms with E-state index in [0.29, 0.717) is 48.3 Å². The Kier molecular flexibility index (Phi) is 7.85. The Balaban J connectivity index is 1.44. The van der Waals surface area contributed by atoms with Gasteiger partial charge in [-0.3, -0.25) is 19.0 Å². The quantitative estimate of drug-likeness (QED) is 0.469. The summed E-state index contributed by atoms with van der Waals surface area (Å²) >= 11 is 5.99. The molecule has 1 unspecified atom stereocenters. The molecular weight excluding hydrogens is 487 g/mol. The summed E-state index contributed by atoms with van der Waals surface area (Å²) in [6.07, 6.45) is 2.63. The summed E-state index contributed by atoms with van der Waals surface area (Å²) in [5.41, 5.74) is 0.0540. The lowest BCUT2D eigenvalue weighted by Gasteiger charge is -2.39. The molecule has 1 aromatic heterocycles. The number of benzene rings is 2. The van der Waals surface area contributed by atoms with E-state index in [-0.39, 0.29) is 30.1 Å². The van der Waals surface area contributed by atoms with E-state index in [0.717, 1.165) is 5.56 Å². The van der Waals surface area contributed by atoms with Crippen molar-refractivity contribution in [1.82, 2.24) is 19.8 Å².